The summed E-state index contributed by atoms with van der Waals surface area (Å²) in [5.41, 5.74) is 0.673. The molecule has 1 aliphatic rings. The molecule has 0 radical (unpaired) electrons. The highest BCUT2D eigenvalue weighted by atomic mass is 16.5. The number of nitrogens with zero attached hydrogens (tertiary/aromatic N) is 2. The van der Waals surface area contributed by atoms with E-state index in [9.17, 15) is 9.59 Å². The molecule has 0 bridgehead atoms. The predicted octanol–water partition coefficient (Wildman–Crippen LogP) is 0.587. The van der Waals surface area contributed by atoms with Crippen molar-refractivity contribution in [1.82, 2.24) is 10.1 Å². The third-order valence-electron chi connectivity index (χ3n) is 2.84. The summed E-state index contributed by atoms with van der Waals surface area (Å²) in [5.74, 6) is -1.51. The van der Waals surface area contributed by atoms with Crippen molar-refractivity contribution in [1.29, 1.82) is 0 Å². The molecule has 86 valence electrons. The van der Waals surface area contributed by atoms with Gasteiger partial charge in [0.2, 0.25) is 5.91 Å². The third-order valence-corrected chi connectivity index (χ3v) is 2.84. The van der Waals surface area contributed by atoms with E-state index in [4.69, 9.17) is 9.63 Å². The van der Waals surface area contributed by atoms with Crippen molar-refractivity contribution in [3.8, 4) is 0 Å². The molecule has 16 heavy (non-hydrogen) atoms. The summed E-state index contributed by atoms with van der Waals surface area (Å²) < 4.78 is 5.04. The van der Waals surface area contributed by atoms with E-state index < -0.39 is 17.9 Å². The predicted molar refractivity (Wildman–Crippen MR) is 52.5 cm³/mol. The van der Waals surface area contributed by atoms with E-state index >= 15 is 0 Å². The molecule has 1 aliphatic heterocycles. The molecule has 2 unspecified atom stereocenters. The van der Waals surface area contributed by atoms with Crippen molar-refractivity contribution in [3.05, 3.63) is 17.5 Å². The van der Waals surface area contributed by atoms with Crippen LogP contribution in [0.3, 0.4) is 0 Å². The maximum Gasteiger partial charge on any atom is 0.309 e. The standard InChI is InChI=1S/C10H12N2O4/c1-5-3-7(16-11-5)9-6(10(14)15)4-8(13)12(9)2/h3,6,9H,4H2,1-2H3,(H,14,15). The fourth-order valence-corrected chi connectivity index (χ4v) is 2.00. The van der Waals surface area contributed by atoms with Crippen molar-refractivity contribution in [2.24, 2.45) is 5.92 Å². The van der Waals surface area contributed by atoms with Crippen LogP contribution in [0.15, 0.2) is 10.6 Å². The molecule has 1 N–H and O–H groups in total. The lowest BCUT2D eigenvalue weighted by atomic mass is 9.98. The molecule has 1 aromatic heterocycles. The van der Waals surface area contributed by atoms with Crippen LogP contribution in [0.4, 0.5) is 0 Å². The van der Waals surface area contributed by atoms with Crippen molar-refractivity contribution < 1.29 is 19.2 Å². The second-order valence-electron chi connectivity index (χ2n) is 3.97. The normalized spacial score (nSPS) is 25.1. The van der Waals surface area contributed by atoms with Gasteiger partial charge in [-0.15, -0.1) is 0 Å². The summed E-state index contributed by atoms with van der Waals surface area (Å²) >= 11 is 0. The number of carboxylic acid groups (broad SMARTS) is 1. The summed E-state index contributed by atoms with van der Waals surface area (Å²) in [6.07, 6.45) is 0.0102. The fourth-order valence-electron chi connectivity index (χ4n) is 2.00. The minimum absolute atomic E-state index is 0.0102. The molecule has 2 rings (SSSR count). The van der Waals surface area contributed by atoms with Crippen molar-refractivity contribution in [2.45, 2.75) is 19.4 Å². The number of amides is 1. The second-order valence-corrected chi connectivity index (χ2v) is 3.97. The van der Waals surface area contributed by atoms with Crippen LogP contribution in [0.25, 0.3) is 0 Å². The molecule has 2 heterocycles. The Bertz CT molecular complexity index is 440. The highest BCUT2D eigenvalue weighted by Gasteiger charge is 2.44. The van der Waals surface area contributed by atoms with Crippen LogP contribution in [0, 0.1) is 12.8 Å². The third kappa shape index (κ3) is 1.56. The number of aromatic nitrogens is 1. The largest absolute Gasteiger partial charge is 0.481 e. The van der Waals surface area contributed by atoms with Gasteiger partial charge in [-0.05, 0) is 6.92 Å². The Labute approximate surface area is 91.8 Å². The maximum atomic E-state index is 11.5. The maximum absolute atomic E-state index is 11.5. The van der Waals surface area contributed by atoms with E-state index in [0.717, 1.165) is 0 Å². The number of aliphatic carboxylic acids is 1. The first kappa shape index (κ1) is 10.7. The number of carbonyl (C=O) groups excluding carboxylic acids is 1. The van der Waals surface area contributed by atoms with Crippen LogP contribution in [0.5, 0.6) is 0 Å². The molecule has 0 aromatic carbocycles. The summed E-state index contributed by atoms with van der Waals surface area (Å²) in [4.78, 5) is 23.9. The van der Waals surface area contributed by atoms with Gasteiger partial charge in [0.05, 0.1) is 11.6 Å². The molecule has 0 saturated carbocycles. The van der Waals surface area contributed by atoms with Crippen molar-refractivity contribution in [3.63, 3.8) is 0 Å². The molecule has 0 spiro atoms. The number of hydrogen-bond donors (Lipinski definition) is 1. The summed E-state index contributed by atoms with van der Waals surface area (Å²) in [5, 5.41) is 12.8. The highest BCUT2D eigenvalue weighted by molar-refractivity contribution is 5.87. The van der Waals surface area contributed by atoms with Crippen LogP contribution in [0.2, 0.25) is 0 Å². The first-order valence-corrected chi connectivity index (χ1v) is 4.92. The molecule has 1 fully saturated rings. The van der Waals surface area contributed by atoms with Gasteiger partial charge in [-0.3, -0.25) is 9.59 Å². The summed E-state index contributed by atoms with van der Waals surface area (Å²) in [6, 6.07) is 1.11. The Morgan fingerprint density at radius 2 is 2.38 bits per heavy atom. The monoisotopic (exact) mass is 224 g/mol. The quantitative estimate of drug-likeness (QED) is 0.794. The Morgan fingerprint density at radius 3 is 2.88 bits per heavy atom. The van der Waals surface area contributed by atoms with Gasteiger partial charge in [-0.1, -0.05) is 5.16 Å². The summed E-state index contributed by atoms with van der Waals surface area (Å²) in [7, 11) is 1.58. The van der Waals surface area contributed by atoms with Gasteiger partial charge in [0.1, 0.15) is 6.04 Å². The van der Waals surface area contributed by atoms with Crippen LogP contribution in [0.1, 0.15) is 23.9 Å². The molecule has 6 nitrogen and oxygen atoms in total. The van der Waals surface area contributed by atoms with E-state index in [1.165, 1.54) is 4.90 Å². The Balaban J connectivity index is 2.36. The zero-order valence-electron chi connectivity index (χ0n) is 9.01. The Kier molecular flexibility index (Phi) is 2.41. The van der Waals surface area contributed by atoms with Crippen LogP contribution in [-0.2, 0) is 9.59 Å². The van der Waals surface area contributed by atoms with Crippen molar-refractivity contribution in [2.75, 3.05) is 7.05 Å². The molecule has 6 heteroatoms. The van der Waals surface area contributed by atoms with Gasteiger partial charge in [0, 0.05) is 19.5 Å². The molecule has 0 aliphatic carbocycles. The zero-order valence-corrected chi connectivity index (χ0v) is 9.01. The lowest BCUT2D eigenvalue weighted by molar-refractivity contribution is -0.142. The van der Waals surface area contributed by atoms with Crippen LogP contribution < -0.4 is 0 Å². The first-order chi connectivity index (χ1) is 7.50. The van der Waals surface area contributed by atoms with Crippen LogP contribution in [-0.4, -0.2) is 34.1 Å². The second kappa shape index (κ2) is 3.62. The van der Waals surface area contributed by atoms with E-state index in [2.05, 4.69) is 5.16 Å². The van der Waals surface area contributed by atoms with Gasteiger partial charge < -0.3 is 14.5 Å². The minimum Gasteiger partial charge on any atom is -0.481 e. The first-order valence-electron chi connectivity index (χ1n) is 4.92. The Morgan fingerprint density at radius 1 is 1.69 bits per heavy atom. The summed E-state index contributed by atoms with van der Waals surface area (Å²) in [6.45, 7) is 1.75. The van der Waals surface area contributed by atoms with Crippen molar-refractivity contribution >= 4 is 11.9 Å². The average molecular weight is 224 g/mol. The Hall–Kier alpha value is -1.85. The number of aryl methyl sites for hydroxylation is 1. The molecule has 1 aromatic rings. The van der Waals surface area contributed by atoms with Gasteiger partial charge >= 0.3 is 5.97 Å². The minimum atomic E-state index is -0.989. The lowest BCUT2D eigenvalue weighted by Crippen LogP contribution is -2.26. The number of carbonyl (C=O) groups is 2. The van der Waals surface area contributed by atoms with E-state index in [-0.39, 0.29) is 12.3 Å². The van der Waals surface area contributed by atoms with Gasteiger partial charge in [-0.25, -0.2) is 0 Å². The van der Waals surface area contributed by atoms with Crippen LogP contribution >= 0.6 is 0 Å². The van der Waals surface area contributed by atoms with E-state index in [1.807, 2.05) is 0 Å². The topological polar surface area (TPSA) is 83.6 Å². The number of hydrogen-bond acceptors (Lipinski definition) is 4. The smallest absolute Gasteiger partial charge is 0.309 e. The molecule has 1 amide bonds. The van der Waals surface area contributed by atoms with E-state index in [1.54, 1.807) is 20.0 Å². The lowest BCUT2D eigenvalue weighted by Gasteiger charge is -2.19. The number of carboxylic acids is 1. The zero-order chi connectivity index (χ0) is 11.9. The number of rotatable bonds is 2. The van der Waals surface area contributed by atoms with Gasteiger partial charge in [0.15, 0.2) is 5.76 Å². The number of likely N-dealkylation sites (tertiary alicyclic amines) is 1. The fraction of sp³-hybridized carbons (Fsp3) is 0.500. The highest BCUT2D eigenvalue weighted by Crippen LogP contribution is 2.37. The molecular weight excluding hydrogens is 212 g/mol. The average Bonchev–Trinajstić information content (AvgIpc) is 2.73. The molecular formula is C10H12N2O4. The van der Waals surface area contributed by atoms with E-state index in [0.29, 0.717) is 11.5 Å². The SMILES string of the molecule is Cc1cc(C2C(C(=O)O)CC(=O)N2C)on1. The van der Waals surface area contributed by atoms with Gasteiger partial charge in [-0.2, -0.15) is 0 Å². The van der Waals surface area contributed by atoms with Gasteiger partial charge in [0.25, 0.3) is 0 Å². The molecule has 2 atom stereocenters. The molecule has 1 saturated heterocycles.